The quantitative estimate of drug-likeness (QED) is 0.580. The van der Waals surface area contributed by atoms with Crippen LogP contribution in [0.1, 0.15) is 20.8 Å². The second-order valence-electron chi connectivity index (χ2n) is 2.56. The van der Waals surface area contributed by atoms with E-state index in [-0.39, 0.29) is 0 Å². The van der Waals surface area contributed by atoms with Crippen molar-refractivity contribution in [3.63, 3.8) is 0 Å². The van der Waals surface area contributed by atoms with Crippen LogP contribution in [0.15, 0.2) is 0 Å². The molecule has 0 fully saturated rings. The van der Waals surface area contributed by atoms with Gasteiger partial charge in [-0.3, -0.25) is 0 Å². The molecule has 0 aromatic rings. The van der Waals surface area contributed by atoms with Crippen molar-refractivity contribution in [3.8, 4) is 0 Å². The Hall–Kier alpha value is 0.935. The van der Waals surface area contributed by atoms with E-state index in [4.69, 9.17) is 0 Å². The predicted molar refractivity (Wildman–Crippen MR) is 19.7 cm³/mol. The van der Waals surface area contributed by atoms with Crippen LogP contribution in [0.4, 0.5) is 0 Å². The van der Waals surface area contributed by atoms with E-state index in [1.54, 1.807) is 0 Å². The van der Waals surface area contributed by atoms with Crippen LogP contribution in [-0.4, -0.2) is 0 Å². The first kappa shape index (κ1) is 5.94. The van der Waals surface area contributed by atoms with Crippen LogP contribution in [0.2, 0.25) is 2.92 Å². The molecule has 0 saturated heterocycles. The summed E-state index contributed by atoms with van der Waals surface area (Å²) in [6, 6.07) is 0. The van der Waals surface area contributed by atoms with Crippen molar-refractivity contribution in [3.05, 3.63) is 0 Å². The normalized spacial score (nSPS) is 12.2. The molecule has 0 aromatic heterocycles. The summed E-state index contributed by atoms with van der Waals surface area (Å²) >= 11 is 0.956. The molecule has 0 saturated carbocycles. The maximum absolute atomic E-state index is 2.27. The van der Waals surface area contributed by atoms with Gasteiger partial charge in [-0.2, -0.15) is 0 Å². The molecule has 0 bridgehead atoms. The van der Waals surface area contributed by atoms with Crippen LogP contribution in [0.3, 0.4) is 0 Å². The van der Waals surface area contributed by atoms with Gasteiger partial charge in [0.05, 0.1) is 0 Å². The van der Waals surface area contributed by atoms with Gasteiger partial charge < -0.3 is 0 Å². The second kappa shape index (κ2) is 1.59. The molecule has 0 rings (SSSR count). The molecule has 0 aliphatic carbocycles. The summed E-state index contributed by atoms with van der Waals surface area (Å²) in [7, 11) is 0. The molecular weight excluding hydrogens is 249 g/mol. The monoisotopic (exact) mass is 259 g/mol. The number of hydrogen-bond acceptors (Lipinski definition) is 0. The summed E-state index contributed by atoms with van der Waals surface area (Å²) in [5.74, 6) is 0. The summed E-state index contributed by atoms with van der Waals surface area (Å²) in [5, 5.41) is 0. The van der Waals surface area contributed by atoms with Gasteiger partial charge in [-0.1, -0.05) is 0 Å². The van der Waals surface area contributed by atoms with Gasteiger partial charge in [-0.25, -0.2) is 0 Å². The average Bonchev–Trinajstić information content (AvgIpc) is 0.722. The average molecular weight is 258 g/mol. The van der Waals surface area contributed by atoms with Crippen LogP contribution in [0.25, 0.3) is 0 Å². The van der Waals surface area contributed by atoms with Crippen molar-refractivity contribution < 1.29 is 26.1 Å². The fraction of sp³-hybridized carbons (Fsp3) is 1.00. The molecular formula is C4H9Hg. The fourth-order valence-electron chi connectivity index (χ4n) is 0. The Bertz CT molecular complexity index is 19.1. The van der Waals surface area contributed by atoms with Gasteiger partial charge in [0.25, 0.3) is 0 Å². The van der Waals surface area contributed by atoms with Gasteiger partial charge in [0.2, 0.25) is 0 Å². The van der Waals surface area contributed by atoms with E-state index in [2.05, 4.69) is 20.8 Å². The topological polar surface area (TPSA) is 0 Å². The molecule has 0 aromatic carbocycles. The zero-order chi connectivity index (χ0) is 4.50. The second-order valence-corrected chi connectivity index (χ2v) is 10.8. The molecule has 5 heavy (non-hydrogen) atoms. The minimum atomic E-state index is 0.694. The minimum absolute atomic E-state index is 0.694. The van der Waals surface area contributed by atoms with Crippen LogP contribution in [0, 0.1) is 0 Å². The molecule has 0 N–H and O–H groups in total. The standard InChI is InChI=1S/C4H9.Hg/c1-4(2)3;/h1-3H3;. The third-order valence-electron chi connectivity index (χ3n) is 0. The number of rotatable bonds is 0. The van der Waals surface area contributed by atoms with E-state index in [0.717, 1.165) is 26.1 Å². The molecule has 0 spiro atoms. The summed E-state index contributed by atoms with van der Waals surface area (Å²) in [6.07, 6.45) is 0. The molecule has 0 radical (unpaired) electrons. The van der Waals surface area contributed by atoms with Gasteiger partial charge in [0.15, 0.2) is 0 Å². The van der Waals surface area contributed by atoms with Gasteiger partial charge in [0.1, 0.15) is 0 Å². The molecule has 0 atom stereocenters. The van der Waals surface area contributed by atoms with E-state index < -0.39 is 0 Å². The third kappa shape index (κ3) is 48.6. The first-order valence-corrected chi connectivity index (χ1v) is 4.60. The zero-order valence-electron chi connectivity index (χ0n) is 4.21. The van der Waals surface area contributed by atoms with Crippen LogP contribution >= 0.6 is 0 Å². The molecule has 1 heteroatoms. The Balaban J connectivity index is 3.02. The molecule has 0 heterocycles. The van der Waals surface area contributed by atoms with E-state index in [1.165, 1.54) is 0 Å². The maximum atomic E-state index is 2.27. The summed E-state index contributed by atoms with van der Waals surface area (Å²) in [5.41, 5.74) is 0. The van der Waals surface area contributed by atoms with Gasteiger partial charge in [-0.15, -0.1) is 0 Å². The molecule has 0 aliphatic heterocycles. The van der Waals surface area contributed by atoms with Crippen LogP contribution in [-0.2, 0) is 26.1 Å². The molecule has 0 nitrogen and oxygen atoms in total. The van der Waals surface area contributed by atoms with Crippen LogP contribution < -0.4 is 0 Å². The van der Waals surface area contributed by atoms with E-state index in [1.807, 2.05) is 0 Å². The summed E-state index contributed by atoms with van der Waals surface area (Å²) in [6.45, 7) is 6.82. The Kier molecular flexibility index (Phi) is 1.89. The van der Waals surface area contributed by atoms with E-state index in [9.17, 15) is 0 Å². The molecule has 0 aliphatic rings. The number of hydrogen-bond donors (Lipinski definition) is 0. The van der Waals surface area contributed by atoms with Gasteiger partial charge in [-0.05, 0) is 0 Å². The van der Waals surface area contributed by atoms with Crippen molar-refractivity contribution in [1.29, 1.82) is 0 Å². The fourth-order valence-corrected chi connectivity index (χ4v) is 0. The van der Waals surface area contributed by atoms with Crippen molar-refractivity contribution in [2.24, 2.45) is 0 Å². The Labute approximate surface area is 49.9 Å². The summed E-state index contributed by atoms with van der Waals surface area (Å²) < 4.78 is 0.694. The van der Waals surface area contributed by atoms with Crippen molar-refractivity contribution in [2.45, 2.75) is 23.7 Å². The first-order chi connectivity index (χ1) is 2.00. The molecule has 27 valence electrons. The Morgan fingerprint density at radius 2 is 1.20 bits per heavy atom. The zero-order valence-corrected chi connectivity index (χ0v) is 9.70. The van der Waals surface area contributed by atoms with Crippen molar-refractivity contribution in [2.75, 3.05) is 0 Å². The van der Waals surface area contributed by atoms with E-state index in [0.29, 0.717) is 2.92 Å². The molecule has 0 unspecified atom stereocenters. The first-order valence-electron chi connectivity index (χ1n) is 1.85. The van der Waals surface area contributed by atoms with Crippen molar-refractivity contribution >= 4 is 0 Å². The van der Waals surface area contributed by atoms with Crippen LogP contribution in [0.5, 0.6) is 0 Å². The Morgan fingerprint density at radius 1 is 1.20 bits per heavy atom. The third-order valence-corrected chi connectivity index (χ3v) is 0. The van der Waals surface area contributed by atoms with Gasteiger partial charge >= 0.3 is 49.8 Å². The molecule has 0 amide bonds. The van der Waals surface area contributed by atoms with E-state index >= 15 is 0 Å². The van der Waals surface area contributed by atoms with Crippen molar-refractivity contribution in [1.82, 2.24) is 0 Å². The van der Waals surface area contributed by atoms with Gasteiger partial charge in [0, 0.05) is 0 Å². The summed E-state index contributed by atoms with van der Waals surface area (Å²) in [4.78, 5) is 0. The predicted octanol–water partition coefficient (Wildman–Crippen LogP) is 1.75. The SMILES string of the molecule is C[C](C)(C)[Hg]. The Morgan fingerprint density at radius 3 is 1.20 bits per heavy atom.